The lowest BCUT2D eigenvalue weighted by atomic mass is 10.1. The molecule has 1 aromatic heterocycles. The van der Waals surface area contributed by atoms with E-state index in [1.807, 2.05) is 26.0 Å². The second-order valence-corrected chi connectivity index (χ2v) is 8.22. The number of likely N-dealkylation sites (tertiary alicyclic amines) is 1. The Morgan fingerprint density at radius 1 is 1.30 bits per heavy atom. The normalized spacial score (nSPS) is 20.2. The number of nitrogens with zero attached hydrogens (tertiary/aromatic N) is 3. The van der Waals surface area contributed by atoms with Gasteiger partial charge in [0.25, 0.3) is 0 Å². The minimum atomic E-state index is -1.04. The third-order valence-corrected chi connectivity index (χ3v) is 6.20. The van der Waals surface area contributed by atoms with Gasteiger partial charge >= 0.3 is 6.09 Å². The van der Waals surface area contributed by atoms with Crippen molar-refractivity contribution in [3.63, 3.8) is 0 Å². The summed E-state index contributed by atoms with van der Waals surface area (Å²) in [7, 11) is 1.58. The number of anilines is 1. The number of aryl methyl sites for hydroxylation is 2. The highest BCUT2D eigenvalue weighted by atomic mass is 35.5. The van der Waals surface area contributed by atoms with Crippen molar-refractivity contribution < 1.29 is 23.8 Å². The first-order chi connectivity index (χ1) is 15.8. The number of ether oxygens (including phenoxy) is 2. The topological polar surface area (TPSA) is 96.8 Å². The molecule has 2 heterocycles. The molecule has 8 nitrogen and oxygen atoms in total. The summed E-state index contributed by atoms with van der Waals surface area (Å²) < 4.78 is 23.6. The smallest absolute Gasteiger partial charge is 0.407 e. The number of carboxylic acid groups (broad SMARTS) is 1. The van der Waals surface area contributed by atoms with Crippen molar-refractivity contribution in [3.05, 3.63) is 34.6 Å². The van der Waals surface area contributed by atoms with Crippen LogP contribution < -0.4 is 10.1 Å². The van der Waals surface area contributed by atoms with E-state index in [-0.39, 0.29) is 19.2 Å². The van der Waals surface area contributed by atoms with Gasteiger partial charge in [-0.1, -0.05) is 25.4 Å². The molecule has 1 unspecified atom stereocenters. The zero-order valence-electron chi connectivity index (χ0n) is 19.3. The van der Waals surface area contributed by atoms with Crippen LogP contribution in [0.3, 0.4) is 0 Å². The molecule has 2 aromatic rings. The summed E-state index contributed by atoms with van der Waals surface area (Å²) in [5.41, 5.74) is 2.94. The Morgan fingerprint density at radius 2 is 2.03 bits per heavy atom. The molecule has 180 valence electrons. The average Bonchev–Trinajstić information content (AvgIpc) is 3.12. The maximum Gasteiger partial charge on any atom is 0.407 e. The minimum Gasteiger partial charge on any atom is -0.497 e. The lowest BCUT2D eigenvalue weighted by molar-refractivity contribution is 0.0450. The van der Waals surface area contributed by atoms with Gasteiger partial charge in [0.1, 0.15) is 18.2 Å². The van der Waals surface area contributed by atoms with E-state index < -0.39 is 24.9 Å². The number of nitrogens with one attached hydrogen (secondary N) is 1. The van der Waals surface area contributed by atoms with Crippen LogP contribution in [0.4, 0.5) is 15.0 Å². The van der Waals surface area contributed by atoms with Gasteiger partial charge in [-0.2, -0.15) is 0 Å². The van der Waals surface area contributed by atoms with E-state index in [4.69, 9.17) is 31.0 Å². The average molecular weight is 481 g/mol. The summed E-state index contributed by atoms with van der Waals surface area (Å²) in [4.78, 5) is 22.7. The van der Waals surface area contributed by atoms with Gasteiger partial charge in [0, 0.05) is 5.56 Å². The Hall–Kier alpha value is -2.65. The fraction of sp³-hybridized carbons (Fsp3) is 0.522. The van der Waals surface area contributed by atoms with Gasteiger partial charge in [0.15, 0.2) is 0 Å². The minimum absolute atomic E-state index is 0.0928. The number of carbonyl (C=O) groups is 1. The largest absolute Gasteiger partial charge is 0.497 e. The zero-order chi connectivity index (χ0) is 24.1. The second-order valence-electron chi connectivity index (χ2n) is 7.81. The van der Waals surface area contributed by atoms with Crippen LogP contribution in [0.2, 0.25) is 5.02 Å². The van der Waals surface area contributed by atoms with Crippen molar-refractivity contribution in [3.8, 4) is 17.0 Å². The number of aromatic nitrogens is 2. The first kappa shape index (κ1) is 25.0. The van der Waals surface area contributed by atoms with E-state index in [0.29, 0.717) is 35.1 Å². The van der Waals surface area contributed by atoms with Crippen molar-refractivity contribution in [2.24, 2.45) is 0 Å². The number of methoxy groups -OCH3 is 1. The van der Waals surface area contributed by atoms with Crippen molar-refractivity contribution in [2.75, 3.05) is 32.3 Å². The van der Waals surface area contributed by atoms with Gasteiger partial charge < -0.3 is 24.8 Å². The van der Waals surface area contributed by atoms with Crippen LogP contribution in [-0.4, -0.2) is 71.2 Å². The molecule has 0 spiro atoms. The molecule has 33 heavy (non-hydrogen) atoms. The third-order valence-electron chi connectivity index (χ3n) is 5.89. The lowest BCUT2D eigenvalue weighted by Crippen LogP contribution is -2.42. The summed E-state index contributed by atoms with van der Waals surface area (Å²) in [5, 5.41) is 13.4. The fourth-order valence-corrected chi connectivity index (χ4v) is 4.36. The monoisotopic (exact) mass is 480 g/mol. The highest BCUT2D eigenvalue weighted by Crippen LogP contribution is 2.34. The molecule has 0 bridgehead atoms. The number of hydrogen-bond donors (Lipinski definition) is 2. The Balaban J connectivity index is 1.98. The van der Waals surface area contributed by atoms with Crippen molar-refractivity contribution in [2.45, 2.75) is 51.8 Å². The van der Waals surface area contributed by atoms with E-state index in [1.165, 1.54) is 4.90 Å². The number of rotatable bonds is 9. The van der Waals surface area contributed by atoms with Crippen LogP contribution in [-0.2, 0) is 17.6 Å². The molecular formula is C23H30ClFN4O4. The van der Waals surface area contributed by atoms with Crippen molar-refractivity contribution >= 4 is 23.5 Å². The third kappa shape index (κ3) is 5.30. The Morgan fingerprint density at radius 3 is 2.61 bits per heavy atom. The van der Waals surface area contributed by atoms with E-state index in [9.17, 15) is 14.3 Å². The van der Waals surface area contributed by atoms with Crippen molar-refractivity contribution in [1.82, 2.24) is 14.9 Å². The first-order valence-corrected chi connectivity index (χ1v) is 11.4. The number of benzene rings is 1. The Kier molecular flexibility index (Phi) is 8.31. The molecule has 0 radical (unpaired) electrons. The Bertz CT molecular complexity index is 993. The van der Waals surface area contributed by atoms with E-state index in [1.54, 1.807) is 20.1 Å². The van der Waals surface area contributed by atoms with Crippen LogP contribution in [0, 0.1) is 0 Å². The molecule has 0 aliphatic carbocycles. The summed E-state index contributed by atoms with van der Waals surface area (Å²) in [5.74, 6) is 1.22. The predicted octanol–water partition coefficient (Wildman–Crippen LogP) is 4.45. The van der Waals surface area contributed by atoms with Gasteiger partial charge in [0.05, 0.1) is 60.6 Å². The summed E-state index contributed by atoms with van der Waals surface area (Å²) in [6, 6.07) is 4.64. The number of hydrogen-bond acceptors (Lipinski definition) is 6. The molecule has 1 aliphatic heterocycles. The zero-order valence-corrected chi connectivity index (χ0v) is 20.0. The molecule has 3 atom stereocenters. The van der Waals surface area contributed by atoms with Gasteiger partial charge in [-0.25, -0.2) is 19.2 Å². The van der Waals surface area contributed by atoms with Gasteiger partial charge in [-0.3, -0.25) is 0 Å². The number of alkyl halides is 1. The summed E-state index contributed by atoms with van der Waals surface area (Å²) in [6.45, 7) is 5.18. The molecule has 1 aromatic carbocycles. The van der Waals surface area contributed by atoms with E-state index in [0.717, 1.165) is 17.0 Å². The molecule has 2 N–H and O–H groups in total. The molecular weight excluding hydrogens is 451 g/mol. The van der Waals surface area contributed by atoms with E-state index in [2.05, 4.69) is 5.32 Å². The molecule has 3 rings (SSSR count). The first-order valence-electron chi connectivity index (χ1n) is 11.0. The fourth-order valence-electron chi connectivity index (χ4n) is 4.10. The van der Waals surface area contributed by atoms with Crippen LogP contribution in [0.1, 0.15) is 32.2 Å². The highest BCUT2D eigenvalue weighted by Gasteiger charge is 2.43. The highest BCUT2D eigenvalue weighted by molar-refractivity contribution is 6.33. The van der Waals surface area contributed by atoms with Crippen LogP contribution >= 0.6 is 11.6 Å². The molecule has 1 aliphatic rings. The summed E-state index contributed by atoms with van der Waals surface area (Å²) >= 11 is 6.51. The maximum atomic E-state index is 12.7. The van der Waals surface area contributed by atoms with E-state index >= 15 is 0 Å². The second kappa shape index (κ2) is 11.0. The Labute approximate surface area is 198 Å². The van der Waals surface area contributed by atoms with Crippen LogP contribution in [0.25, 0.3) is 11.3 Å². The van der Waals surface area contributed by atoms with Gasteiger partial charge in [0.2, 0.25) is 0 Å². The SMILES string of the molecule is CCc1nc(-c2ccc(OC)cc2Cl)c(CC)nc1N[C@@H]1C(C)N(C(=O)O)C[C@@H]1OCCF. The molecule has 1 amide bonds. The number of amides is 1. The molecule has 0 saturated carbocycles. The van der Waals surface area contributed by atoms with Gasteiger partial charge in [-0.05, 0) is 38.0 Å². The predicted molar refractivity (Wildman–Crippen MR) is 125 cm³/mol. The van der Waals surface area contributed by atoms with Crippen LogP contribution in [0.15, 0.2) is 18.2 Å². The summed E-state index contributed by atoms with van der Waals surface area (Å²) in [6.07, 6.45) is -0.327. The van der Waals surface area contributed by atoms with Crippen molar-refractivity contribution in [1.29, 1.82) is 0 Å². The maximum absolute atomic E-state index is 12.7. The molecule has 1 saturated heterocycles. The van der Waals surface area contributed by atoms with Crippen LogP contribution in [0.5, 0.6) is 5.75 Å². The molecule has 1 fully saturated rings. The van der Waals surface area contributed by atoms with Gasteiger partial charge in [-0.15, -0.1) is 0 Å². The standard InChI is InChI=1S/C23H30ClFN4O4/c1-5-17-21(15-8-7-14(32-4)11-16(15)24)26-18(6-2)22(27-17)28-20-13(3)29(23(30)31)12-19(20)33-10-9-25/h7-8,11,13,19-20H,5-6,9-10,12H2,1-4H3,(H,27,28)(H,30,31)/t13?,19-,20+/m0/s1. The number of halogens is 2. The molecule has 10 heteroatoms. The lowest BCUT2D eigenvalue weighted by Gasteiger charge is -2.26. The quantitative estimate of drug-likeness (QED) is 0.547.